The number of nitrogens with zero attached hydrogens (tertiary/aromatic N) is 1. The quantitative estimate of drug-likeness (QED) is 0.864. The summed E-state index contributed by atoms with van der Waals surface area (Å²) in [4.78, 5) is 2.24. The summed E-state index contributed by atoms with van der Waals surface area (Å²) in [5.74, 6) is -0.448. The van der Waals surface area contributed by atoms with E-state index >= 15 is 0 Å². The van der Waals surface area contributed by atoms with E-state index in [9.17, 15) is 9.50 Å². The molecule has 1 aliphatic rings. The number of β-amino-alcohol motifs (C(OH)–C–C–N with tert-alkyl or cyclic N) is 1. The zero-order chi connectivity index (χ0) is 13.0. The Bertz CT molecular complexity index is 397. The van der Waals surface area contributed by atoms with Crippen molar-refractivity contribution in [1.82, 2.24) is 4.90 Å². The lowest BCUT2D eigenvalue weighted by Crippen LogP contribution is -2.34. The monoisotopic (exact) mass is 272 g/mol. The van der Waals surface area contributed by atoms with E-state index in [1.165, 1.54) is 25.0 Å². The number of hydrogen-bond acceptors (Lipinski definition) is 3. The third-order valence-electron chi connectivity index (χ3n) is 3.13. The van der Waals surface area contributed by atoms with Crippen molar-refractivity contribution in [3.63, 3.8) is 0 Å². The van der Waals surface area contributed by atoms with Gasteiger partial charge in [-0.3, -0.25) is 0 Å². The normalized spacial score (nSPS) is 17.9. The summed E-state index contributed by atoms with van der Waals surface area (Å²) in [5, 5.41) is 13.0. The fourth-order valence-corrected chi connectivity index (χ4v) is 2.29. The fraction of sp³-hybridized carbons (Fsp3) is 0.538. The van der Waals surface area contributed by atoms with E-state index in [0.717, 1.165) is 13.1 Å². The zero-order valence-corrected chi connectivity index (χ0v) is 11.0. The SMILES string of the molecule is OC(CNc1ccc(Cl)c(F)c1)CN1CCCC1. The predicted molar refractivity (Wildman–Crippen MR) is 71.6 cm³/mol. The highest BCUT2D eigenvalue weighted by atomic mass is 35.5. The molecule has 0 amide bonds. The zero-order valence-electron chi connectivity index (χ0n) is 10.2. The van der Waals surface area contributed by atoms with Crippen LogP contribution in [0.15, 0.2) is 18.2 Å². The number of aliphatic hydroxyl groups is 1. The second kappa shape index (κ2) is 6.36. The molecule has 18 heavy (non-hydrogen) atoms. The molecular weight excluding hydrogens is 255 g/mol. The molecule has 0 spiro atoms. The van der Waals surface area contributed by atoms with Gasteiger partial charge in [0.1, 0.15) is 5.82 Å². The number of anilines is 1. The van der Waals surface area contributed by atoms with Crippen LogP contribution in [0.5, 0.6) is 0 Å². The summed E-state index contributed by atoms with van der Waals surface area (Å²) in [5.41, 5.74) is 0.636. The lowest BCUT2D eigenvalue weighted by Gasteiger charge is -2.20. The molecule has 1 aromatic rings. The van der Waals surface area contributed by atoms with Crippen molar-refractivity contribution in [3.05, 3.63) is 29.0 Å². The number of hydrogen-bond donors (Lipinski definition) is 2. The molecule has 0 aliphatic carbocycles. The van der Waals surface area contributed by atoms with Crippen molar-refractivity contribution in [1.29, 1.82) is 0 Å². The lowest BCUT2D eigenvalue weighted by molar-refractivity contribution is 0.135. The summed E-state index contributed by atoms with van der Waals surface area (Å²) < 4.78 is 13.2. The van der Waals surface area contributed by atoms with E-state index in [0.29, 0.717) is 18.8 Å². The van der Waals surface area contributed by atoms with Gasteiger partial charge in [0.25, 0.3) is 0 Å². The van der Waals surface area contributed by atoms with Gasteiger partial charge in [-0.15, -0.1) is 0 Å². The molecule has 0 aromatic heterocycles. The number of nitrogens with one attached hydrogen (secondary N) is 1. The predicted octanol–water partition coefficient (Wildman–Crippen LogP) is 2.35. The number of likely N-dealkylation sites (tertiary alicyclic amines) is 1. The Balaban J connectivity index is 1.77. The summed E-state index contributed by atoms with van der Waals surface area (Å²) in [6.45, 7) is 3.21. The molecule has 1 aromatic carbocycles. The van der Waals surface area contributed by atoms with Crippen LogP contribution in [0, 0.1) is 5.82 Å². The Morgan fingerprint density at radius 2 is 2.11 bits per heavy atom. The molecule has 1 aliphatic heterocycles. The van der Waals surface area contributed by atoms with Gasteiger partial charge in [0.2, 0.25) is 0 Å². The third kappa shape index (κ3) is 3.83. The first-order valence-corrected chi connectivity index (χ1v) is 6.62. The van der Waals surface area contributed by atoms with Crippen LogP contribution in [0.3, 0.4) is 0 Å². The Morgan fingerprint density at radius 1 is 1.39 bits per heavy atom. The van der Waals surface area contributed by atoms with Crippen molar-refractivity contribution in [2.45, 2.75) is 18.9 Å². The van der Waals surface area contributed by atoms with Gasteiger partial charge in [0.15, 0.2) is 0 Å². The van der Waals surface area contributed by atoms with Gasteiger partial charge >= 0.3 is 0 Å². The first kappa shape index (κ1) is 13.6. The van der Waals surface area contributed by atoms with Crippen LogP contribution >= 0.6 is 11.6 Å². The van der Waals surface area contributed by atoms with Gasteiger partial charge in [-0.05, 0) is 44.1 Å². The number of benzene rings is 1. The Labute approximate surface area is 112 Å². The average molecular weight is 273 g/mol. The Morgan fingerprint density at radius 3 is 2.78 bits per heavy atom. The van der Waals surface area contributed by atoms with E-state index in [1.807, 2.05) is 0 Å². The molecule has 3 nitrogen and oxygen atoms in total. The first-order valence-electron chi connectivity index (χ1n) is 6.24. The minimum Gasteiger partial charge on any atom is -0.390 e. The highest BCUT2D eigenvalue weighted by Gasteiger charge is 2.15. The summed E-state index contributed by atoms with van der Waals surface area (Å²) in [6, 6.07) is 4.55. The minimum atomic E-state index is -0.448. The Hall–Kier alpha value is -0.840. The van der Waals surface area contributed by atoms with Crippen molar-refractivity contribution < 1.29 is 9.50 Å². The lowest BCUT2D eigenvalue weighted by atomic mass is 10.2. The van der Waals surface area contributed by atoms with E-state index in [4.69, 9.17) is 11.6 Å². The average Bonchev–Trinajstić information content (AvgIpc) is 2.83. The largest absolute Gasteiger partial charge is 0.390 e. The summed E-state index contributed by atoms with van der Waals surface area (Å²) in [6.07, 6.45) is 1.98. The van der Waals surface area contributed by atoms with Crippen LogP contribution in [0.4, 0.5) is 10.1 Å². The molecule has 1 heterocycles. The maximum atomic E-state index is 13.2. The van der Waals surface area contributed by atoms with Crippen LogP contribution in [0.2, 0.25) is 5.02 Å². The highest BCUT2D eigenvalue weighted by Crippen LogP contribution is 2.18. The molecule has 0 bridgehead atoms. The summed E-state index contributed by atoms with van der Waals surface area (Å²) >= 11 is 5.60. The first-order chi connectivity index (χ1) is 8.65. The van der Waals surface area contributed by atoms with Gasteiger partial charge in [0.05, 0.1) is 11.1 Å². The minimum absolute atomic E-state index is 0.109. The molecule has 0 saturated carbocycles. The second-order valence-electron chi connectivity index (χ2n) is 4.67. The second-order valence-corrected chi connectivity index (χ2v) is 5.08. The molecule has 2 rings (SSSR count). The van der Waals surface area contributed by atoms with Crippen molar-refractivity contribution in [3.8, 4) is 0 Å². The van der Waals surface area contributed by atoms with Crippen molar-refractivity contribution in [2.75, 3.05) is 31.5 Å². The van der Waals surface area contributed by atoms with Gasteiger partial charge in [0, 0.05) is 18.8 Å². The van der Waals surface area contributed by atoms with Crippen LogP contribution in [-0.4, -0.2) is 42.3 Å². The molecule has 1 unspecified atom stereocenters. The van der Waals surface area contributed by atoms with Crippen LogP contribution in [0.1, 0.15) is 12.8 Å². The standard InChI is InChI=1S/C13H18ClFN2O/c14-12-4-3-10(7-13(12)15)16-8-11(18)9-17-5-1-2-6-17/h3-4,7,11,16,18H,1-2,5-6,8-9H2. The molecule has 100 valence electrons. The van der Waals surface area contributed by atoms with E-state index in [2.05, 4.69) is 10.2 Å². The molecule has 1 fully saturated rings. The van der Waals surface area contributed by atoms with Gasteiger partial charge in [-0.1, -0.05) is 11.6 Å². The Kier molecular flexibility index (Phi) is 4.80. The van der Waals surface area contributed by atoms with Crippen LogP contribution in [0.25, 0.3) is 0 Å². The molecular formula is C13H18ClFN2O. The number of rotatable bonds is 5. The van der Waals surface area contributed by atoms with Crippen LogP contribution < -0.4 is 5.32 Å². The maximum Gasteiger partial charge on any atom is 0.143 e. The molecule has 1 saturated heterocycles. The molecule has 0 radical (unpaired) electrons. The fourth-order valence-electron chi connectivity index (χ4n) is 2.17. The van der Waals surface area contributed by atoms with Crippen LogP contribution in [-0.2, 0) is 0 Å². The maximum absolute atomic E-state index is 13.2. The summed E-state index contributed by atoms with van der Waals surface area (Å²) in [7, 11) is 0. The van der Waals surface area contributed by atoms with E-state index < -0.39 is 11.9 Å². The van der Waals surface area contributed by atoms with Gasteiger partial charge < -0.3 is 15.3 Å². The van der Waals surface area contributed by atoms with Gasteiger partial charge in [-0.25, -0.2) is 4.39 Å². The van der Waals surface area contributed by atoms with Crippen molar-refractivity contribution >= 4 is 17.3 Å². The topological polar surface area (TPSA) is 35.5 Å². The number of halogens is 2. The van der Waals surface area contributed by atoms with Gasteiger partial charge in [-0.2, -0.15) is 0 Å². The van der Waals surface area contributed by atoms with E-state index in [1.54, 1.807) is 6.07 Å². The number of aliphatic hydroxyl groups excluding tert-OH is 1. The molecule has 2 N–H and O–H groups in total. The molecule has 5 heteroatoms. The molecule has 1 atom stereocenters. The van der Waals surface area contributed by atoms with E-state index in [-0.39, 0.29) is 5.02 Å². The third-order valence-corrected chi connectivity index (χ3v) is 3.44. The van der Waals surface area contributed by atoms with Crippen molar-refractivity contribution in [2.24, 2.45) is 0 Å². The highest BCUT2D eigenvalue weighted by molar-refractivity contribution is 6.30. The smallest absolute Gasteiger partial charge is 0.143 e.